The highest BCUT2D eigenvalue weighted by Crippen LogP contribution is 2.27. The van der Waals surface area contributed by atoms with Gasteiger partial charge in [0.25, 0.3) is 0 Å². The summed E-state index contributed by atoms with van der Waals surface area (Å²) < 4.78 is 1.02. The zero-order valence-electron chi connectivity index (χ0n) is 17.8. The van der Waals surface area contributed by atoms with Gasteiger partial charge < -0.3 is 10.6 Å². The number of amides is 2. The fraction of sp³-hybridized carbons (Fsp3) is 0.375. The highest BCUT2D eigenvalue weighted by Gasteiger charge is 2.12. The zero-order chi connectivity index (χ0) is 21.5. The van der Waals surface area contributed by atoms with Crippen molar-refractivity contribution in [2.75, 3.05) is 5.32 Å². The van der Waals surface area contributed by atoms with E-state index in [0.29, 0.717) is 18.0 Å². The maximum atomic E-state index is 12.3. The molecule has 3 rings (SSSR count). The molecule has 1 unspecified atom stereocenters. The molecule has 0 radical (unpaired) electrons. The Hall–Kier alpha value is -2.73. The molecule has 6 heteroatoms. The zero-order valence-corrected chi connectivity index (χ0v) is 18.6. The van der Waals surface area contributed by atoms with Gasteiger partial charge >= 0.3 is 0 Å². The number of nitrogens with zero attached hydrogens (tertiary/aromatic N) is 1. The smallest absolute Gasteiger partial charge is 0.228 e. The van der Waals surface area contributed by atoms with Crippen LogP contribution in [0.15, 0.2) is 48.5 Å². The molecule has 2 amide bonds. The van der Waals surface area contributed by atoms with Gasteiger partial charge in [-0.25, -0.2) is 4.98 Å². The van der Waals surface area contributed by atoms with Crippen molar-refractivity contribution in [1.29, 1.82) is 0 Å². The van der Waals surface area contributed by atoms with E-state index in [0.717, 1.165) is 28.6 Å². The van der Waals surface area contributed by atoms with Crippen LogP contribution in [0.3, 0.4) is 0 Å². The van der Waals surface area contributed by atoms with E-state index < -0.39 is 0 Å². The molecule has 0 fully saturated rings. The first kappa shape index (κ1) is 22.0. The lowest BCUT2D eigenvalue weighted by Gasteiger charge is -2.14. The summed E-state index contributed by atoms with van der Waals surface area (Å²) in [5.41, 5.74) is 3.25. The Bertz CT molecular complexity index is 998. The Balaban J connectivity index is 1.48. The van der Waals surface area contributed by atoms with Crippen LogP contribution in [0.2, 0.25) is 0 Å². The monoisotopic (exact) mass is 423 g/mol. The van der Waals surface area contributed by atoms with Crippen molar-refractivity contribution in [2.45, 2.75) is 52.5 Å². The third kappa shape index (κ3) is 6.39. The van der Waals surface area contributed by atoms with Crippen molar-refractivity contribution in [3.8, 4) is 0 Å². The lowest BCUT2D eigenvalue weighted by Crippen LogP contribution is -2.33. The number of benzene rings is 2. The second kappa shape index (κ2) is 10.3. The van der Waals surface area contributed by atoms with Crippen molar-refractivity contribution in [3.63, 3.8) is 0 Å². The summed E-state index contributed by atoms with van der Waals surface area (Å²) in [5, 5.41) is 6.56. The van der Waals surface area contributed by atoms with Crippen LogP contribution in [0, 0.1) is 5.92 Å². The number of aromatic nitrogens is 1. The summed E-state index contributed by atoms with van der Waals surface area (Å²) in [7, 11) is 0. The number of thiazole rings is 1. The van der Waals surface area contributed by atoms with E-state index in [1.807, 2.05) is 44.2 Å². The second-order valence-corrected chi connectivity index (χ2v) is 8.99. The minimum absolute atomic E-state index is 0.0349. The van der Waals surface area contributed by atoms with E-state index in [4.69, 9.17) is 0 Å². The third-order valence-corrected chi connectivity index (χ3v) is 5.90. The normalized spacial score (nSPS) is 12.1. The molecule has 2 N–H and O–H groups in total. The highest BCUT2D eigenvalue weighted by atomic mass is 32.1. The summed E-state index contributed by atoms with van der Waals surface area (Å²) in [6.45, 7) is 5.76. The van der Waals surface area contributed by atoms with Gasteiger partial charge in [-0.05, 0) is 49.4 Å². The summed E-state index contributed by atoms with van der Waals surface area (Å²) in [4.78, 5) is 28.6. The van der Waals surface area contributed by atoms with E-state index in [1.54, 1.807) is 0 Å². The molecule has 0 aliphatic rings. The molecule has 30 heavy (non-hydrogen) atoms. The molecule has 1 atom stereocenters. The Morgan fingerprint density at radius 3 is 2.50 bits per heavy atom. The predicted molar refractivity (Wildman–Crippen MR) is 124 cm³/mol. The average Bonchev–Trinajstić information content (AvgIpc) is 3.13. The minimum Gasteiger partial charge on any atom is -0.354 e. The van der Waals surface area contributed by atoms with Crippen LogP contribution in [0.1, 0.15) is 44.7 Å². The second-order valence-electron chi connectivity index (χ2n) is 7.96. The number of aryl methyl sites for hydroxylation is 2. The number of rotatable bonds is 9. The first-order valence-corrected chi connectivity index (χ1v) is 11.3. The van der Waals surface area contributed by atoms with E-state index in [9.17, 15) is 9.59 Å². The Kier molecular flexibility index (Phi) is 7.57. The Labute approximate surface area is 181 Å². The molecular weight excluding hydrogens is 394 g/mol. The van der Waals surface area contributed by atoms with Crippen LogP contribution in [0.5, 0.6) is 0 Å². The van der Waals surface area contributed by atoms with Crippen molar-refractivity contribution >= 4 is 38.5 Å². The van der Waals surface area contributed by atoms with Crippen LogP contribution in [-0.2, 0) is 22.4 Å². The molecule has 158 valence electrons. The average molecular weight is 424 g/mol. The van der Waals surface area contributed by atoms with Gasteiger partial charge in [-0.1, -0.05) is 61.6 Å². The maximum absolute atomic E-state index is 12.3. The number of nitrogens with one attached hydrogen (secondary N) is 2. The van der Waals surface area contributed by atoms with Crippen molar-refractivity contribution in [1.82, 2.24) is 10.3 Å². The molecule has 3 aromatic rings. The lowest BCUT2D eigenvalue weighted by molar-refractivity contribution is -0.121. The number of hydrogen-bond donors (Lipinski definition) is 2. The van der Waals surface area contributed by atoms with Crippen LogP contribution in [0.25, 0.3) is 10.2 Å². The fourth-order valence-electron chi connectivity index (χ4n) is 3.13. The first-order valence-electron chi connectivity index (χ1n) is 10.4. The predicted octanol–water partition coefficient (Wildman–Crippen LogP) is 4.96. The minimum atomic E-state index is -0.0822. The molecule has 1 aromatic heterocycles. The number of fused-ring (bicyclic) bond motifs is 1. The molecule has 0 spiro atoms. The molecule has 5 nitrogen and oxygen atoms in total. The Morgan fingerprint density at radius 1 is 1.00 bits per heavy atom. The topological polar surface area (TPSA) is 71.1 Å². The van der Waals surface area contributed by atoms with Crippen LogP contribution >= 0.6 is 11.3 Å². The van der Waals surface area contributed by atoms with Crippen molar-refractivity contribution in [3.05, 3.63) is 59.7 Å². The molecule has 0 bridgehead atoms. The van der Waals surface area contributed by atoms with E-state index >= 15 is 0 Å². The van der Waals surface area contributed by atoms with Crippen LogP contribution < -0.4 is 10.6 Å². The van der Waals surface area contributed by atoms with Gasteiger partial charge in [-0.15, -0.1) is 0 Å². The summed E-state index contributed by atoms with van der Waals surface area (Å²) >= 11 is 1.46. The Morgan fingerprint density at radius 2 is 1.77 bits per heavy atom. The molecule has 1 heterocycles. The van der Waals surface area contributed by atoms with Gasteiger partial charge in [0.05, 0.1) is 10.2 Å². The molecule has 2 aromatic carbocycles. The van der Waals surface area contributed by atoms with Gasteiger partial charge in [0.15, 0.2) is 5.13 Å². The van der Waals surface area contributed by atoms with Gasteiger partial charge in [0.2, 0.25) is 11.8 Å². The van der Waals surface area contributed by atoms with Crippen LogP contribution in [-0.4, -0.2) is 22.8 Å². The van der Waals surface area contributed by atoms with Crippen molar-refractivity contribution < 1.29 is 9.59 Å². The van der Waals surface area contributed by atoms with E-state index in [2.05, 4.69) is 40.7 Å². The van der Waals surface area contributed by atoms with Gasteiger partial charge in [-0.2, -0.15) is 0 Å². The SMILES string of the molecule is CC(CCc1ccccc1)NC(=O)CCc1ccc2nc(NC(=O)C(C)C)sc2c1. The molecule has 0 aliphatic heterocycles. The number of hydrogen-bond acceptors (Lipinski definition) is 4. The molecule has 0 saturated carbocycles. The third-order valence-electron chi connectivity index (χ3n) is 4.96. The van der Waals surface area contributed by atoms with Gasteiger partial charge in [0.1, 0.15) is 0 Å². The van der Waals surface area contributed by atoms with E-state index in [1.165, 1.54) is 16.9 Å². The van der Waals surface area contributed by atoms with Gasteiger partial charge in [0, 0.05) is 18.4 Å². The summed E-state index contributed by atoms with van der Waals surface area (Å²) in [5.74, 6) is -0.0432. The van der Waals surface area contributed by atoms with Gasteiger partial charge in [-0.3, -0.25) is 9.59 Å². The molecule has 0 saturated heterocycles. The highest BCUT2D eigenvalue weighted by molar-refractivity contribution is 7.22. The number of anilines is 1. The first-order chi connectivity index (χ1) is 14.4. The lowest BCUT2D eigenvalue weighted by atomic mass is 10.1. The molecular formula is C24H29N3O2S. The largest absolute Gasteiger partial charge is 0.354 e. The fourth-order valence-corrected chi connectivity index (χ4v) is 4.07. The maximum Gasteiger partial charge on any atom is 0.228 e. The quantitative estimate of drug-likeness (QED) is 0.511. The number of carbonyl (C=O) groups excluding carboxylic acids is 2. The summed E-state index contributed by atoms with van der Waals surface area (Å²) in [6.07, 6.45) is 3.02. The standard InChI is InChI=1S/C24H29N3O2S/c1-16(2)23(29)27-24-26-20-13-11-19(15-21(20)30-24)12-14-22(28)25-17(3)9-10-18-7-5-4-6-8-18/h4-8,11,13,15-17H,9-10,12,14H2,1-3H3,(H,25,28)(H,26,27,29). The molecule has 0 aliphatic carbocycles. The number of carbonyl (C=O) groups is 2. The summed E-state index contributed by atoms with van der Waals surface area (Å²) in [6, 6.07) is 16.5. The van der Waals surface area contributed by atoms with Crippen LogP contribution in [0.4, 0.5) is 5.13 Å². The van der Waals surface area contributed by atoms with Crippen molar-refractivity contribution in [2.24, 2.45) is 5.92 Å². The van der Waals surface area contributed by atoms with E-state index in [-0.39, 0.29) is 23.8 Å².